The number of aromatic nitrogens is 2. The smallest absolute Gasteiger partial charge is 0.377 e. The van der Waals surface area contributed by atoms with Crippen LogP contribution in [0.4, 0.5) is 0 Å². The van der Waals surface area contributed by atoms with Gasteiger partial charge in [0.2, 0.25) is 5.78 Å². The van der Waals surface area contributed by atoms with E-state index in [9.17, 15) is 29.4 Å². The summed E-state index contributed by atoms with van der Waals surface area (Å²) in [5.74, 6) is -2.42. The highest BCUT2D eigenvalue weighted by atomic mass is 35.5. The Balaban J connectivity index is 0.000000160. The Hall–Kier alpha value is -7.34. The van der Waals surface area contributed by atoms with Crippen LogP contribution in [0.2, 0.25) is 10.0 Å². The first-order chi connectivity index (χ1) is 41.9. The zero-order valence-electron chi connectivity index (χ0n) is 49.8. The number of hydrogen-bond donors (Lipinski definition) is 5. The summed E-state index contributed by atoms with van der Waals surface area (Å²) in [5, 5.41) is 36.7. The number of nitrogens with one attached hydrogen (secondary N) is 1. The number of hydrogen-bond acceptors (Lipinski definition) is 11. The van der Waals surface area contributed by atoms with Crippen molar-refractivity contribution in [2.24, 2.45) is 5.73 Å². The number of ketones is 2. The van der Waals surface area contributed by atoms with E-state index in [0.29, 0.717) is 57.4 Å². The van der Waals surface area contributed by atoms with Crippen molar-refractivity contribution in [3.63, 3.8) is 0 Å². The molecule has 4 fully saturated rings. The monoisotopic (exact) mass is 1220 g/mol. The highest BCUT2D eigenvalue weighted by molar-refractivity contribution is 6.43. The Bertz CT molecular complexity index is 3710. The zero-order chi connectivity index (χ0) is 61.5. The number of nitrogens with zero attached hydrogens (tertiary/aromatic N) is 4. The summed E-state index contributed by atoms with van der Waals surface area (Å²) < 4.78 is 16.0. The van der Waals surface area contributed by atoms with Gasteiger partial charge in [-0.15, -0.1) is 0 Å². The molecule has 2 aromatic heterocycles. The van der Waals surface area contributed by atoms with Crippen LogP contribution in [0.1, 0.15) is 135 Å². The minimum absolute atomic E-state index is 0.188. The number of halogens is 2. The molecule has 2 aliphatic heterocycles. The lowest BCUT2D eigenvalue weighted by atomic mass is 9.99. The molecule has 4 heterocycles. The normalized spacial score (nSPS) is 16.6. The van der Waals surface area contributed by atoms with E-state index < -0.39 is 41.7 Å². The zero-order valence-corrected chi connectivity index (χ0v) is 51.3. The molecule has 0 unspecified atom stereocenters. The Labute approximate surface area is 518 Å². The molecule has 2 saturated carbocycles. The summed E-state index contributed by atoms with van der Waals surface area (Å²) in [7, 11) is 0. The summed E-state index contributed by atoms with van der Waals surface area (Å²) in [6, 6.07) is 40.9. The Morgan fingerprint density at radius 1 is 0.540 bits per heavy atom. The van der Waals surface area contributed by atoms with Gasteiger partial charge in [-0.25, -0.2) is 4.79 Å². The standard InChI is InChI=1S/C35H38ClN3O4.C19H17NO3.C16H23ClN2O2/c1-22(2)39-18-15-24-7-10-26(20-31(24)39)23-5-8-25(9-6-23)34(41)35(42)37-30(21-38-16-3-4-17-38)33(40)27-11-14-32(29(36)19-27)43-28-12-13-28;1-12(2)20-10-9-14-5-8-16(11-17(14)20)13-3-6-15(7-4-13)18(21)19(22)23;17-13-9-11(3-6-15(13)21-12-4-5-12)16(20)14(18)10-19-7-1-2-8-19/h5-11,14-15,18-20,22,28,30,33,40H,3-4,12-13,16-17,21H2,1-2H3,(H,37,42);3-12H,1-2H3,(H,22,23);3,6,9,12,14,16,20H,1-2,4-5,7-8,10,18H2/t30-,33-;;14-,16-/m1.1/s1. The van der Waals surface area contributed by atoms with Crippen molar-refractivity contribution in [3.05, 3.63) is 178 Å². The Morgan fingerprint density at radius 3 is 1.37 bits per heavy atom. The van der Waals surface area contributed by atoms with Crippen LogP contribution < -0.4 is 20.5 Å². The number of benzene rings is 6. The lowest BCUT2D eigenvalue weighted by Crippen LogP contribution is -2.48. The minimum Gasteiger partial charge on any atom is -0.489 e. The second kappa shape index (κ2) is 28.2. The number of aliphatic hydroxyl groups excluding tert-OH is 2. The van der Waals surface area contributed by atoms with Crippen molar-refractivity contribution >= 4 is 68.5 Å². The molecule has 17 heteroatoms. The van der Waals surface area contributed by atoms with Crippen LogP contribution in [0.25, 0.3) is 44.1 Å². The van der Waals surface area contributed by atoms with Crippen molar-refractivity contribution < 1.29 is 44.0 Å². The fraction of sp³-hybridized carbons (Fsp3) is 0.371. The summed E-state index contributed by atoms with van der Waals surface area (Å²) in [5.41, 5.74) is 14.2. The van der Waals surface area contributed by atoms with Crippen molar-refractivity contribution in [3.8, 4) is 33.8 Å². The largest absolute Gasteiger partial charge is 0.489 e. The maximum Gasteiger partial charge on any atom is 0.377 e. The van der Waals surface area contributed by atoms with E-state index in [2.05, 4.69) is 107 Å². The number of carboxylic acids is 1. The van der Waals surface area contributed by atoms with Gasteiger partial charge in [-0.2, -0.15) is 0 Å². The Morgan fingerprint density at radius 2 is 0.954 bits per heavy atom. The van der Waals surface area contributed by atoms with Gasteiger partial charge in [0.25, 0.3) is 11.7 Å². The van der Waals surface area contributed by atoms with Gasteiger partial charge in [0, 0.05) is 65.8 Å². The van der Waals surface area contributed by atoms with Crippen LogP contribution in [-0.4, -0.2) is 121 Å². The third-order valence-electron chi connectivity index (χ3n) is 16.6. The number of carboxylic acid groups (broad SMARTS) is 1. The number of ether oxygens (including phenoxy) is 2. The van der Waals surface area contributed by atoms with E-state index in [-0.39, 0.29) is 17.7 Å². The molecule has 456 valence electrons. The number of likely N-dealkylation sites (tertiary alicyclic amines) is 2. The first-order valence-corrected chi connectivity index (χ1v) is 31.2. The average Bonchev–Trinajstić information content (AvgIpc) is 3.03. The molecule has 1 amide bonds. The molecule has 6 N–H and O–H groups in total. The molecule has 87 heavy (non-hydrogen) atoms. The number of nitrogens with two attached hydrogens (primary N) is 1. The van der Waals surface area contributed by atoms with Gasteiger partial charge < -0.3 is 54.8 Å². The second-order valence-corrected chi connectivity index (χ2v) is 24.8. The maximum absolute atomic E-state index is 13.2. The number of rotatable bonds is 21. The van der Waals surface area contributed by atoms with Crippen molar-refractivity contribution in [1.82, 2.24) is 24.3 Å². The van der Waals surface area contributed by atoms with E-state index in [1.54, 1.807) is 60.7 Å². The predicted molar refractivity (Wildman–Crippen MR) is 343 cm³/mol. The highest BCUT2D eigenvalue weighted by Gasteiger charge is 2.31. The number of amides is 1. The molecule has 6 aromatic carbocycles. The number of carbonyl (C=O) groups is 4. The number of aliphatic carboxylic acids is 1. The topological polar surface area (TPSA) is 202 Å². The molecule has 12 rings (SSSR count). The van der Waals surface area contributed by atoms with E-state index in [1.807, 2.05) is 30.3 Å². The van der Waals surface area contributed by atoms with Gasteiger partial charge in [0.05, 0.1) is 34.4 Å². The number of aliphatic hydroxyl groups is 2. The summed E-state index contributed by atoms with van der Waals surface area (Å²) in [6.45, 7) is 13.7. The first kappa shape index (κ1) is 62.7. The van der Waals surface area contributed by atoms with Crippen LogP contribution in [0.15, 0.2) is 146 Å². The van der Waals surface area contributed by atoms with E-state index in [0.717, 1.165) is 110 Å². The minimum atomic E-state index is -1.44. The van der Waals surface area contributed by atoms with Crippen molar-refractivity contribution in [2.45, 2.75) is 128 Å². The highest BCUT2D eigenvalue weighted by Crippen LogP contribution is 2.37. The van der Waals surface area contributed by atoms with E-state index >= 15 is 0 Å². The van der Waals surface area contributed by atoms with Crippen LogP contribution in [-0.2, 0) is 9.59 Å². The first-order valence-electron chi connectivity index (χ1n) is 30.4. The molecular weight excluding hydrogens is 1140 g/mol. The molecule has 8 aromatic rings. The predicted octanol–water partition coefficient (Wildman–Crippen LogP) is 13.1. The van der Waals surface area contributed by atoms with Gasteiger partial charge in [-0.1, -0.05) is 108 Å². The van der Waals surface area contributed by atoms with Gasteiger partial charge in [0.15, 0.2) is 0 Å². The molecule has 4 aliphatic rings. The van der Waals surface area contributed by atoms with Crippen molar-refractivity contribution in [1.29, 1.82) is 0 Å². The molecule has 2 saturated heterocycles. The maximum atomic E-state index is 13.2. The fourth-order valence-corrected chi connectivity index (χ4v) is 11.8. The molecule has 2 aliphatic carbocycles. The molecule has 0 bridgehead atoms. The van der Waals surface area contributed by atoms with Crippen LogP contribution in [0.5, 0.6) is 11.5 Å². The molecule has 0 radical (unpaired) electrons. The number of fused-ring (bicyclic) bond motifs is 2. The molecule has 15 nitrogen and oxygen atoms in total. The van der Waals surface area contributed by atoms with Gasteiger partial charge in [-0.3, -0.25) is 14.4 Å². The van der Waals surface area contributed by atoms with E-state index in [1.165, 1.54) is 23.6 Å². The lowest BCUT2D eigenvalue weighted by molar-refractivity contribution is -0.131. The van der Waals surface area contributed by atoms with Crippen molar-refractivity contribution in [2.75, 3.05) is 39.3 Å². The average molecular weight is 1220 g/mol. The number of carbonyl (C=O) groups excluding carboxylic acids is 3. The molecule has 0 spiro atoms. The van der Waals surface area contributed by atoms with Crippen LogP contribution in [0.3, 0.4) is 0 Å². The van der Waals surface area contributed by atoms with Crippen LogP contribution in [0, 0.1) is 0 Å². The number of Topliss-reactive ketones (excluding diaryl/α,β-unsaturated/α-hetero) is 2. The third-order valence-corrected chi connectivity index (χ3v) is 17.2. The summed E-state index contributed by atoms with van der Waals surface area (Å²) >= 11 is 12.7. The molecular formula is C70H78Cl2N6O9. The second-order valence-electron chi connectivity index (χ2n) is 24.0. The Kier molecular flexibility index (Phi) is 20.3. The SMILES string of the molecule is CC(C)n1ccc2ccc(-c3ccc(C(=O)C(=O)N[C@H](CN4CCCC4)[C@H](O)c4ccc(OC5CC5)c(Cl)c4)cc3)cc21.CC(C)n1ccc2ccc(-c3ccc(C(=O)C(=O)O)cc3)cc21.N[C@H](CN1CCCC1)[C@H](O)c1ccc(OC2CC2)c(Cl)c1. The third kappa shape index (κ3) is 15.9. The fourth-order valence-electron chi connectivity index (χ4n) is 11.3. The van der Waals surface area contributed by atoms with Crippen LogP contribution >= 0.6 is 23.2 Å². The van der Waals surface area contributed by atoms with E-state index in [4.69, 9.17) is 43.5 Å². The summed E-state index contributed by atoms with van der Waals surface area (Å²) in [6.07, 6.45) is 11.8. The van der Waals surface area contributed by atoms with Gasteiger partial charge >= 0.3 is 5.97 Å². The quantitative estimate of drug-likeness (QED) is 0.0337. The molecule has 4 atom stereocenters. The lowest BCUT2D eigenvalue weighted by Gasteiger charge is -2.28. The summed E-state index contributed by atoms with van der Waals surface area (Å²) in [4.78, 5) is 53.2. The van der Waals surface area contributed by atoms with Gasteiger partial charge in [-0.05, 0) is 198 Å². The van der Waals surface area contributed by atoms with Gasteiger partial charge in [0.1, 0.15) is 17.6 Å².